The molecule has 0 amide bonds. The topological polar surface area (TPSA) is 237 Å². The van der Waals surface area contributed by atoms with Gasteiger partial charge in [0, 0.05) is 12.1 Å². The van der Waals surface area contributed by atoms with Gasteiger partial charge in [-0.2, -0.15) is 0 Å². The SMILES string of the molecule is [O-][Cl+3]([O-])([O-])[O-].[O-][Cl+3]([O-])([O-])[O-].c1ccc(NCc2ccc(CNc3cccc[nH+]3)cc2)[nH+]c1. The number of H-pyrrole nitrogens is 2. The molecule has 0 atom stereocenters. The Kier molecular flexibility index (Phi) is 11.8. The Morgan fingerprint density at radius 2 is 0.844 bits per heavy atom. The van der Waals surface area contributed by atoms with Crippen molar-refractivity contribution >= 4 is 11.6 Å². The van der Waals surface area contributed by atoms with Crippen molar-refractivity contribution < 1.29 is 67.7 Å². The number of hydrogen-bond donors (Lipinski definition) is 2. The maximum Gasteiger partial charge on any atom is 0.272 e. The first-order valence-electron chi connectivity index (χ1n) is 8.62. The third-order valence-corrected chi connectivity index (χ3v) is 3.41. The van der Waals surface area contributed by atoms with Crippen LogP contribution in [0.1, 0.15) is 11.1 Å². The summed E-state index contributed by atoms with van der Waals surface area (Å²) in [4.78, 5) is 6.33. The van der Waals surface area contributed by atoms with Crippen molar-refractivity contribution in [3.05, 3.63) is 84.2 Å². The van der Waals surface area contributed by atoms with E-state index in [1.54, 1.807) is 0 Å². The van der Waals surface area contributed by atoms with E-state index < -0.39 is 20.5 Å². The van der Waals surface area contributed by atoms with Crippen LogP contribution in [0.3, 0.4) is 0 Å². The minimum absolute atomic E-state index is 0.806. The molecule has 32 heavy (non-hydrogen) atoms. The molecular formula is C18H20Cl2N4O8. The third kappa shape index (κ3) is 17.1. The lowest BCUT2D eigenvalue weighted by Crippen LogP contribution is -2.68. The Balaban J connectivity index is 0.000000431. The van der Waals surface area contributed by atoms with Crippen LogP contribution in [0.25, 0.3) is 0 Å². The van der Waals surface area contributed by atoms with Gasteiger partial charge in [0.2, 0.25) is 0 Å². The Labute approximate surface area is 187 Å². The number of aromatic nitrogens is 2. The summed E-state index contributed by atoms with van der Waals surface area (Å²) in [6.07, 6.45) is 3.83. The molecule has 14 heteroatoms. The molecule has 12 nitrogen and oxygen atoms in total. The largest absolute Gasteiger partial charge is 0.272 e. The van der Waals surface area contributed by atoms with Crippen LogP contribution in [0.2, 0.25) is 0 Å². The van der Waals surface area contributed by atoms with Crippen LogP contribution < -0.4 is 57.9 Å². The molecule has 0 aliphatic carbocycles. The van der Waals surface area contributed by atoms with Crippen molar-refractivity contribution in [3.63, 3.8) is 0 Å². The minimum atomic E-state index is -4.94. The molecule has 0 bridgehead atoms. The van der Waals surface area contributed by atoms with Gasteiger partial charge in [0.1, 0.15) is 13.1 Å². The molecule has 2 aromatic heterocycles. The van der Waals surface area contributed by atoms with Crippen molar-refractivity contribution in [1.82, 2.24) is 0 Å². The van der Waals surface area contributed by atoms with E-state index in [2.05, 4.69) is 44.9 Å². The fourth-order valence-electron chi connectivity index (χ4n) is 2.18. The molecule has 4 N–H and O–H groups in total. The highest BCUT2D eigenvalue weighted by Gasteiger charge is 2.03. The van der Waals surface area contributed by atoms with Gasteiger partial charge in [-0.05, 0) is 23.3 Å². The molecule has 0 fully saturated rings. The van der Waals surface area contributed by atoms with Gasteiger partial charge in [0.05, 0.1) is 12.4 Å². The van der Waals surface area contributed by atoms with Crippen molar-refractivity contribution in [2.45, 2.75) is 13.1 Å². The maximum absolute atomic E-state index is 8.49. The van der Waals surface area contributed by atoms with E-state index in [1.165, 1.54) is 11.1 Å². The van der Waals surface area contributed by atoms with Crippen molar-refractivity contribution in [1.29, 1.82) is 0 Å². The molecule has 0 spiro atoms. The second-order valence-electron chi connectivity index (χ2n) is 5.83. The average Bonchev–Trinajstić information content (AvgIpc) is 2.71. The molecule has 0 radical (unpaired) electrons. The van der Waals surface area contributed by atoms with Gasteiger partial charge in [0.25, 0.3) is 11.6 Å². The van der Waals surface area contributed by atoms with E-state index in [-0.39, 0.29) is 0 Å². The van der Waals surface area contributed by atoms with E-state index >= 15 is 0 Å². The molecule has 0 unspecified atom stereocenters. The van der Waals surface area contributed by atoms with Gasteiger partial charge in [-0.3, -0.25) is 10.6 Å². The predicted molar refractivity (Wildman–Crippen MR) is 87.1 cm³/mol. The lowest BCUT2D eigenvalue weighted by Gasteiger charge is -2.17. The summed E-state index contributed by atoms with van der Waals surface area (Å²) < 4.78 is 67.9. The normalized spacial score (nSPS) is 10.8. The molecule has 3 aromatic rings. The van der Waals surface area contributed by atoms with Crippen LogP contribution >= 0.6 is 0 Å². The van der Waals surface area contributed by atoms with E-state index in [4.69, 9.17) is 37.3 Å². The van der Waals surface area contributed by atoms with E-state index in [0.29, 0.717) is 0 Å². The number of rotatable bonds is 6. The van der Waals surface area contributed by atoms with Gasteiger partial charge in [-0.15, -0.1) is 20.5 Å². The summed E-state index contributed by atoms with van der Waals surface area (Å²) in [6.45, 7) is 1.61. The smallest absolute Gasteiger partial charge is 0.270 e. The molecule has 0 aliphatic heterocycles. The summed E-state index contributed by atoms with van der Waals surface area (Å²) in [5.74, 6) is 2.04. The zero-order valence-electron chi connectivity index (χ0n) is 16.4. The first-order valence-corrected chi connectivity index (χ1v) is 11.1. The van der Waals surface area contributed by atoms with Gasteiger partial charge in [-0.1, -0.05) is 36.4 Å². The lowest BCUT2D eigenvalue weighted by molar-refractivity contribution is -2.00. The molecule has 0 saturated carbocycles. The number of anilines is 2. The van der Waals surface area contributed by atoms with E-state index in [0.717, 1.165) is 24.7 Å². The summed E-state index contributed by atoms with van der Waals surface area (Å²) in [5.41, 5.74) is 2.51. The fourth-order valence-corrected chi connectivity index (χ4v) is 2.18. The Morgan fingerprint density at radius 1 is 0.531 bits per heavy atom. The number of hydrogen-bond acceptors (Lipinski definition) is 10. The Morgan fingerprint density at radius 3 is 1.09 bits per heavy atom. The quantitative estimate of drug-likeness (QED) is 0.330. The fraction of sp³-hybridized carbons (Fsp3) is 0.111. The molecule has 0 saturated heterocycles. The van der Waals surface area contributed by atoms with Gasteiger partial charge in [-0.25, -0.2) is 47.2 Å². The monoisotopic (exact) mass is 490 g/mol. The van der Waals surface area contributed by atoms with E-state index in [1.807, 2.05) is 48.8 Å². The first kappa shape index (κ1) is 27.4. The number of pyridine rings is 2. The second kappa shape index (κ2) is 13.7. The summed E-state index contributed by atoms with van der Waals surface area (Å²) >= 11 is 0. The van der Waals surface area contributed by atoms with Crippen LogP contribution in [0.15, 0.2) is 73.1 Å². The number of benzene rings is 1. The Bertz CT molecular complexity index is 793. The molecule has 1 aromatic carbocycles. The summed E-state index contributed by atoms with van der Waals surface area (Å²) in [5, 5.41) is 6.72. The molecular weight excluding hydrogens is 471 g/mol. The zero-order valence-corrected chi connectivity index (χ0v) is 17.9. The van der Waals surface area contributed by atoms with Crippen molar-refractivity contribution in [2.75, 3.05) is 10.6 Å². The number of halogens is 2. The number of nitrogens with one attached hydrogen (secondary N) is 4. The summed E-state index contributed by atoms with van der Waals surface area (Å²) in [6, 6.07) is 20.6. The van der Waals surface area contributed by atoms with Crippen molar-refractivity contribution in [3.8, 4) is 0 Å². The maximum atomic E-state index is 8.49. The molecule has 3 rings (SSSR count). The molecule has 2 heterocycles. The average molecular weight is 491 g/mol. The minimum Gasteiger partial charge on any atom is -0.270 e. The van der Waals surface area contributed by atoms with Crippen LogP contribution in [0.5, 0.6) is 0 Å². The first-order chi connectivity index (χ1) is 14.9. The highest BCUT2D eigenvalue weighted by atomic mass is 35.7. The summed E-state index contributed by atoms with van der Waals surface area (Å²) in [7, 11) is -9.89. The van der Waals surface area contributed by atoms with Crippen LogP contribution in [-0.4, -0.2) is 0 Å². The lowest BCUT2D eigenvalue weighted by atomic mass is 10.1. The standard InChI is InChI=1S/C18H18N4.2ClHO4/c1-3-11-19-17(5-1)21-13-15-7-9-16(10-8-15)14-22-18-6-2-4-12-20-18;2*2-1(3,4)5/h1-12H,13-14H2,(H,19,21)(H,20,22);2*(H,2,3,4,5). The predicted octanol–water partition coefficient (Wildman–Crippen LogP) is -6.97. The van der Waals surface area contributed by atoms with Crippen LogP contribution in [0, 0.1) is 20.5 Å². The van der Waals surface area contributed by atoms with Crippen LogP contribution in [-0.2, 0) is 13.1 Å². The van der Waals surface area contributed by atoms with E-state index in [9.17, 15) is 0 Å². The second-order valence-corrected chi connectivity index (χ2v) is 7.34. The zero-order chi connectivity index (χ0) is 24.0. The Hall–Kier alpha value is -2.62. The van der Waals surface area contributed by atoms with Gasteiger partial charge < -0.3 is 0 Å². The van der Waals surface area contributed by atoms with Gasteiger partial charge >= 0.3 is 0 Å². The third-order valence-electron chi connectivity index (χ3n) is 3.41. The highest BCUT2D eigenvalue weighted by Crippen LogP contribution is 2.08. The van der Waals surface area contributed by atoms with Crippen LogP contribution in [0.4, 0.5) is 11.6 Å². The molecule has 174 valence electrons. The van der Waals surface area contributed by atoms with Crippen molar-refractivity contribution in [2.24, 2.45) is 0 Å². The highest BCUT2D eigenvalue weighted by molar-refractivity contribution is 5.33. The molecule has 0 aliphatic rings. The van der Waals surface area contributed by atoms with Gasteiger partial charge in [0.15, 0.2) is 0 Å². The number of aromatic amines is 2.